The van der Waals surface area contributed by atoms with Gasteiger partial charge in [-0.3, -0.25) is 4.79 Å². The molecule has 0 unspecified atom stereocenters. The number of hydrogen-bond donors (Lipinski definition) is 0. The van der Waals surface area contributed by atoms with Crippen molar-refractivity contribution in [3.8, 4) is 5.75 Å². The first-order valence-electron chi connectivity index (χ1n) is 10.1. The molecular formula is C22H26N2O4S. The number of hydrogen-bond acceptors (Lipinski definition) is 4. The van der Waals surface area contributed by atoms with Gasteiger partial charge in [0.1, 0.15) is 5.75 Å². The first-order valence-corrected chi connectivity index (χ1v) is 11.6. The molecule has 2 aliphatic rings. The molecule has 1 fully saturated rings. The SMILES string of the molecule is CCOc1ccccc1C(=O)N1CCN(S(=O)(=O)c2ccc3c(c2)CCC3)CC1. The second-order valence-electron chi connectivity index (χ2n) is 7.41. The number of sulfonamides is 1. The smallest absolute Gasteiger partial charge is 0.257 e. The summed E-state index contributed by atoms with van der Waals surface area (Å²) < 4.78 is 33.2. The van der Waals surface area contributed by atoms with E-state index in [1.807, 2.05) is 31.2 Å². The molecule has 0 saturated carbocycles. The lowest BCUT2D eigenvalue weighted by Crippen LogP contribution is -2.50. The number of amides is 1. The van der Waals surface area contributed by atoms with E-state index in [0.717, 1.165) is 24.8 Å². The van der Waals surface area contributed by atoms with Gasteiger partial charge in [-0.15, -0.1) is 0 Å². The van der Waals surface area contributed by atoms with Crippen molar-refractivity contribution in [2.75, 3.05) is 32.8 Å². The lowest BCUT2D eigenvalue weighted by Gasteiger charge is -2.34. The van der Waals surface area contributed by atoms with Crippen LogP contribution in [0.25, 0.3) is 0 Å². The van der Waals surface area contributed by atoms with E-state index in [9.17, 15) is 13.2 Å². The fraction of sp³-hybridized carbons (Fsp3) is 0.409. The highest BCUT2D eigenvalue weighted by Crippen LogP contribution is 2.27. The molecule has 4 rings (SSSR count). The quantitative estimate of drug-likeness (QED) is 0.755. The van der Waals surface area contributed by atoms with Crippen molar-refractivity contribution in [2.45, 2.75) is 31.1 Å². The molecule has 6 nitrogen and oxygen atoms in total. The lowest BCUT2D eigenvalue weighted by atomic mass is 10.1. The van der Waals surface area contributed by atoms with Gasteiger partial charge in [0.05, 0.1) is 17.1 Å². The molecular weight excluding hydrogens is 388 g/mol. The second-order valence-corrected chi connectivity index (χ2v) is 9.35. The standard InChI is InChI=1S/C22H26N2O4S/c1-2-28-21-9-4-3-8-20(21)22(25)23-12-14-24(15-13-23)29(26,27)19-11-10-17-6-5-7-18(17)16-19/h3-4,8-11,16H,2,5-7,12-15H2,1H3. The molecule has 2 aromatic rings. The Labute approximate surface area is 172 Å². The minimum absolute atomic E-state index is 0.122. The van der Waals surface area contributed by atoms with Crippen molar-refractivity contribution in [1.29, 1.82) is 0 Å². The van der Waals surface area contributed by atoms with Gasteiger partial charge in [0.25, 0.3) is 5.91 Å². The summed E-state index contributed by atoms with van der Waals surface area (Å²) in [7, 11) is -3.54. The Balaban J connectivity index is 1.46. The number of ether oxygens (including phenoxy) is 1. The zero-order valence-corrected chi connectivity index (χ0v) is 17.5. The lowest BCUT2D eigenvalue weighted by molar-refractivity contribution is 0.0693. The minimum Gasteiger partial charge on any atom is -0.493 e. The van der Waals surface area contributed by atoms with Crippen LogP contribution >= 0.6 is 0 Å². The van der Waals surface area contributed by atoms with Gasteiger partial charge in [-0.1, -0.05) is 18.2 Å². The van der Waals surface area contributed by atoms with Gasteiger partial charge in [-0.05, 0) is 61.6 Å². The third kappa shape index (κ3) is 3.89. The molecule has 7 heteroatoms. The highest BCUT2D eigenvalue weighted by Gasteiger charge is 2.31. The molecule has 0 aromatic heterocycles. The van der Waals surface area contributed by atoms with E-state index in [0.29, 0.717) is 49.0 Å². The Morgan fingerprint density at radius 1 is 1.00 bits per heavy atom. The van der Waals surface area contributed by atoms with Crippen molar-refractivity contribution in [3.63, 3.8) is 0 Å². The summed E-state index contributed by atoms with van der Waals surface area (Å²) in [4.78, 5) is 15.0. The summed E-state index contributed by atoms with van der Waals surface area (Å²) in [5.41, 5.74) is 2.92. The van der Waals surface area contributed by atoms with Crippen molar-refractivity contribution in [1.82, 2.24) is 9.21 Å². The van der Waals surface area contributed by atoms with E-state index < -0.39 is 10.0 Å². The summed E-state index contributed by atoms with van der Waals surface area (Å²) in [6.45, 7) is 3.68. The average Bonchev–Trinajstić information content (AvgIpc) is 3.22. The first kappa shape index (κ1) is 19.9. The second kappa shape index (κ2) is 8.16. The molecule has 0 radical (unpaired) electrons. The van der Waals surface area contributed by atoms with Crippen molar-refractivity contribution in [3.05, 3.63) is 59.2 Å². The summed E-state index contributed by atoms with van der Waals surface area (Å²) in [6, 6.07) is 12.7. The van der Waals surface area contributed by atoms with E-state index in [4.69, 9.17) is 4.74 Å². The highest BCUT2D eigenvalue weighted by atomic mass is 32.2. The molecule has 2 aromatic carbocycles. The summed E-state index contributed by atoms with van der Waals surface area (Å²) in [5, 5.41) is 0. The van der Waals surface area contributed by atoms with Crippen LogP contribution in [0.4, 0.5) is 0 Å². The Hall–Kier alpha value is -2.38. The third-order valence-corrected chi connectivity index (χ3v) is 7.55. The van der Waals surface area contributed by atoms with E-state index >= 15 is 0 Å². The molecule has 29 heavy (non-hydrogen) atoms. The van der Waals surface area contributed by atoms with Crippen LogP contribution in [0.2, 0.25) is 0 Å². The van der Waals surface area contributed by atoms with E-state index in [-0.39, 0.29) is 5.91 Å². The number of piperazine rings is 1. The molecule has 1 aliphatic heterocycles. The zero-order chi connectivity index (χ0) is 20.4. The van der Waals surface area contributed by atoms with E-state index in [1.54, 1.807) is 23.1 Å². The van der Waals surface area contributed by atoms with Gasteiger partial charge in [0.15, 0.2) is 0 Å². The minimum atomic E-state index is -3.54. The predicted octanol–water partition coefficient (Wildman–Crippen LogP) is 2.72. The van der Waals surface area contributed by atoms with Crippen LogP contribution in [-0.4, -0.2) is 56.3 Å². The van der Waals surface area contributed by atoms with E-state index in [2.05, 4.69) is 0 Å². The number of aryl methyl sites for hydroxylation is 2. The number of benzene rings is 2. The molecule has 0 N–H and O–H groups in total. The van der Waals surface area contributed by atoms with Gasteiger partial charge in [-0.25, -0.2) is 8.42 Å². The maximum absolute atomic E-state index is 13.1. The summed E-state index contributed by atoms with van der Waals surface area (Å²) in [5.74, 6) is 0.442. The van der Waals surface area contributed by atoms with Crippen LogP contribution in [0, 0.1) is 0 Å². The molecule has 1 heterocycles. The number of nitrogens with zero attached hydrogens (tertiary/aromatic N) is 2. The fourth-order valence-electron chi connectivity index (χ4n) is 4.08. The monoisotopic (exact) mass is 414 g/mol. The van der Waals surface area contributed by atoms with Crippen LogP contribution in [0.3, 0.4) is 0 Å². The fourth-order valence-corrected chi connectivity index (χ4v) is 5.56. The Morgan fingerprint density at radius 2 is 1.72 bits per heavy atom. The third-order valence-electron chi connectivity index (χ3n) is 5.65. The van der Waals surface area contributed by atoms with Gasteiger partial charge in [-0.2, -0.15) is 4.31 Å². The largest absolute Gasteiger partial charge is 0.493 e. The molecule has 0 atom stereocenters. The molecule has 1 saturated heterocycles. The molecule has 0 spiro atoms. The predicted molar refractivity (Wildman–Crippen MR) is 111 cm³/mol. The number of fused-ring (bicyclic) bond motifs is 1. The Bertz CT molecular complexity index is 1010. The maximum Gasteiger partial charge on any atom is 0.257 e. The van der Waals surface area contributed by atoms with Crippen LogP contribution in [0.5, 0.6) is 5.75 Å². The normalized spacial score (nSPS) is 17.2. The number of para-hydroxylation sites is 1. The highest BCUT2D eigenvalue weighted by molar-refractivity contribution is 7.89. The van der Waals surface area contributed by atoms with Crippen molar-refractivity contribution < 1.29 is 17.9 Å². The van der Waals surface area contributed by atoms with Crippen LogP contribution in [-0.2, 0) is 22.9 Å². The maximum atomic E-state index is 13.1. The summed E-state index contributed by atoms with van der Waals surface area (Å²) in [6.07, 6.45) is 3.06. The van der Waals surface area contributed by atoms with Gasteiger partial charge >= 0.3 is 0 Å². The van der Waals surface area contributed by atoms with Crippen LogP contribution in [0.15, 0.2) is 47.4 Å². The Kier molecular flexibility index (Phi) is 5.61. The van der Waals surface area contributed by atoms with Gasteiger partial charge in [0.2, 0.25) is 10.0 Å². The number of carbonyl (C=O) groups is 1. The topological polar surface area (TPSA) is 66.9 Å². The molecule has 1 aliphatic carbocycles. The van der Waals surface area contributed by atoms with Gasteiger partial charge in [0, 0.05) is 26.2 Å². The van der Waals surface area contributed by atoms with Crippen LogP contribution in [0.1, 0.15) is 34.8 Å². The molecule has 1 amide bonds. The summed E-state index contributed by atoms with van der Waals surface area (Å²) >= 11 is 0. The zero-order valence-electron chi connectivity index (χ0n) is 16.6. The van der Waals surface area contributed by atoms with Gasteiger partial charge < -0.3 is 9.64 Å². The van der Waals surface area contributed by atoms with Crippen LogP contribution < -0.4 is 4.74 Å². The number of carbonyl (C=O) groups excluding carboxylic acids is 1. The van der Waals surface area contributed by atoms with Crippen molar-refractivity contribution >= 4 is 15.9 Å². The molecule has 154 valence electrons. The molecule has 0 bridgehead atoms. The average molecular weight is 415 g/mol. The Morgan fingerprint density at radius 3 is 2.48 bits per heavy atom. The van der Waals surface area contributed by atoms with Crippen molar-refractivity contribution in [2.24, 2.45) is 0 Å². The van der Waals surface area contributed by atoms with E-state index in [1.165, 1.54) is 9.87 Å². The number of rotatable bonds is 5. The first-order chi connectivity index (χ1) is 14.0.